The van der Waals surface area contributed by atoms with Gasteiger partial charge in [-0.1, -0.05) is 19.9 Å². The number of nitrogens with zero attached hydrogens (tertiary/aromatic N) is 4. The van der Waals surface area contributed by atoms with Gasteiger partial charge in [0.2, 0.25) is 5.95 Å². The summed E-state index contributed by atoms with van der Waals surface area (Å²) in [5, 5.41) is 13.1. The van der Waals surface area contributed by atoms with Gasteiger partial charge in [0, 0.05) is 48.3 Å². The summed E-state index contributed by atoms with van der Waals surface area (Å²) >= 11 is 0. The van der Waals surface area contributed by atoms with E-state index in [1.54, 1.807) is 24.5 Å². The molecule has 0 spiro atoms. The van der Waals surface area contributed by atoms with E-state index in [-0.39, 0.29) is 11.3 Å². The van der Waals surface area contributed by atoms with Crippen LogP contribution in [-0.4, -0.2) is 58.5 Å². The van der Waals surface area contributed by atoms with Crippen LogP contribution < -0.4 is 21.3 Å². The molecule has 1 fully saturated rings. The number of hydrogen-bond acceptors (Lipinski definition) is 8. The van der Waals surface area contributed by atoms with Gasteiger partial charge in [-0.15, -0.1) is 0 Å². The van der Waals surface area contributed by atoms with Crippen molar-refractivity contribution in [3.63, 3.8) is 0 Å². The number of carbonyl (C=O) groups excluding carboxylic acids is 1. The molecule has 1 atom stereocenters. The summed E-state index contributed by atoms with van der Waals surface area (Å²) in [6.45, 7) is 7.75. The van der Waals surface area contributed by atoms with Gasteiger partial charge in [0.05, 0.1) is 17.8 Å². The first kappa shape index (κ1) is 25.0. The second-order valence-corrected chi connectivity index (χ2v) is 10.6. The third kappa shape index (κ3) is 5.83. The molecule has 2 aliphatic heterocycles. The van der Waals surface area contributed by atoms with E-state index in [0.717, 1.165) is 36.6 Å². The molecule has 4 heterocycles. The average Bonchev–Trinajstić information content (AvgIpc) is 3.44. The van der Waals surface area contributed by atoms with Gasteiger partial charge in [0.25, 0.3) is 5.91 Å². The van der Waals surface area contributed by atoms with Crippen LogP contribution in [0, 0.1) is 0 Å². The minimum absolute atomic E-state index is 0.0847. The highest BCUT2D eigenvalue weighted by atomic mass is 16.1. The van der Waals surface area contributed by atoms with Crippen molar-refractivity contribution in [3.05, 3.63) is 65.6 Å². The van der Waals surface area contributed by atoms with E-state index in [4.69, 9.17) is 0 Å². The quantitative estimate of drug-likeness (QED) is 0.344. The van der Waals surface area contributed by atoms with Crippen LogP contribution >= 0.6 is 0 Å². The molecule has 194 valence electrons. The summed E-state index contributed by atoms with van der Waals surface area (Å²) < 4.78 is 0. The molecular formula is C28H36N8O. The van der Waals surface area contributed by atoms with Crippen LogP contribution in [0.5, 0.6) is 0 Å². The fourth-order valence-electron chi connectivity index (χ4n) is 5.15. The number of carbonyl (C=O) groups is 1. The molecule has 0 aliphatic carbocycles. The first-order valence-electron chi connectivity index (χ1n) is 13.0. The Labute approximate surface area is 218 Å². The normalized spacial score (nSPS) is 18.2. The summed E-state index contributed by atoms with van der Waals surface area (Å²) in [5.41, 5.74) is 4.46. The van der Waals surface area contributed by atoms with Crippen molar-refractivity contribution in [1.82, 2.24) is 19.9 Å². The van der Waals surface area contributed by atoms with E-state index in [1.807, 2.05) is 18.2 Å². The fraction of sp³-hybridized carbons (Fsp3) is 0.429. The summed E-state index contributed by atoms with van der Waals surface area (Å²) in [5.74, 6) is 0.917. The molecule has 1 aromatic carbocycles. The number of fused-ring (bicyclic) bond motifs is 1. The predicted octanol–water partition coefficient (Wildman–Crippen LogP) is 4.34. The minimum Gasteiger partial charge on any atom is -0.384 e. The maximum Gasteiger partial charge on any atom is 0.259 e. The Bertz CT molecular complexity index is 1260. The predicted molar refractivity (Wildman–Crippen MR) is 148 cm³/mol. The second kappa shape index (κ2) is 10.7. The monoisotopic (exact) mass is 500 g/mol. The fourth-order valence-corrected chi connectivity index (χ4v) is 5.15. The van der Waals surface area contributed by atoms with Crippen LogP contribution in [-0.2, 0) is 12.0 Å². The van der Waals surface area contributed by atoms with Crippen molar-refractivity contribution in [1.29, 1.82) is 0 Å². The van der Waals surface area contributed by atoms with Crippen molar-refractivity contribution in [2.45, 2.75) is 51.1 Å². The molecule has 0 saturated carbocycles. The molecule has 2 aromatic heterocycles. The summed E-state index contributed by atoms with van der Waals surface area (Å²) in [4.78, 5) is 28.9. The first-order chi connectivity index (χ1) is 17.9. The molecular weight excluding hydrogens is 464 g/mol. The second-order valence-electron chi connectivity index (χ2n) is 10.6. The van der Waals surface area contributed by atoms with Crippen molar-refractivity contribution in [3.8, 4) is 0 Å². The SMILES string of the molecule is CN1CCCC1CCNc1nccc(CNc2ncccc2C(=O)Nc2ccc3c(c2)NCC3(C)C)n1. The molecule has 9 heteroatoms. The van der Waals surface area contributed by atoms with Crippen LogP contribution in [0.4, 0.5) is 23.1 Å². The van der Waals surface area contributed by atoms with Gasteiger partial charge < -0.3 is 26.2 Å². The van der Waals surface area contributed by atoms with Crippen LogP contribution in [0.15, 0.2) is 48.8 Å². The van der Waals surface area contributed by atoms with Crippen molar-refractivity contribution < 1.29 is 4.79 Å². The Balaban J connectivity index is 1.19. The summed E-state index contributed by atoms with van der Waals surface area (Å²) in [6, 6.07) is 12.1. The molecule has 1 unspecified atom stereocenters. The minimum atomic E-state index is -0.213. The zero-order chi connectivity index (χ0) is 25.8. The number of hydrogen-bond donors (Lipinski definition) is 4. The number of likely N-dealkylation sites (tertiary alicyclic amines) is 1. The zero-order valence-corrected chi connectivity index (χ0v) is 21.8. The number of rotatable bonds is 9. The molecule has 0 radical (unpaired) electrons. The lowest BCUT2D eigenvalue weighted by Crippen LogP contribution is -2.27. The highest BCUT2D eigenvalue weighted by Gasteiger charge is 2.29. The van der Waals surface area contributed by atoms with Gasteiger partial charge in [-0.25, -0.2) is 15.0 Å². The number of benzene rings is 1. The number of amides is 1. The third-order valence-corrected chi connectivity index (χ3v) is 7.36. The molecule has 0 bridgehead atoms. The standard InChI is InChI=1S/C28H36N8O/c1-28(2)18-33-24-16-19(8-9-23(24)28)34-26(37)22-7-4-12-29-25(22)32-17-20-10-13-30-27(35-20)31-14-11-21-6-5-15-36(21)3/h4,7-10,12-13,16,21,33H,5-6,11,14-15,17-18H2,1-3H3,(H,29,32)(H,34,37)(H,30,31,35). The van der Waals surface area contributed by atoms with Crippen molar-refractivity contribution in [2.24, 2.45) is 0 Å². The third-order valence-electron chi connectivity index (χ3n) is 7.36. The Morgan fingerprint density at radius 2 is 2.05 bits per heavy atom. The highest BCUT2D eigenvalue weighted by molar-refractivity contribution is 6.07. The van der Waals surface area contributed by atoms with E-state index in [9.17, 15) is 4.79 Å². The maximum atomic E-state index is 13.1. The van der Waals surface area contributed by atoms with Crippen LogP contribution in [0.25, 0.3) is 0 Å². The number of anilines is 4. The molecule has 37 heavy (non-hydrogen) atoms. The smallest absolute Gasteiger partial charge is 0.259 e. The summed E-state index contributed by atoms with van der Waals surface area (Å²) in [6.07, 6.45) is 7.03. The van der Waals surface area contributed by atoms with Gasteiger partial charge in [-0.2, -0.15) is 0 Å². The molecule has 1 amide bonds. The lowest BCUT2D eigenvalue weighted by molar-refractivity contribution is 0.102. The summed E-state index contributed by atoms with van der Waals surface area (Å²) in [7, 11) is 2.19. The highest BCUT2D eigenvalue weighted by Crippen LogP contribution is 2.37. The number of nitrogens with one attached hydrogen (secondary N) is 4. The molecule has 2 aliphatic rings. The lowest BCUT2D eigenvalue weighted by Gasteiger charge is -2.19. The van der Waals surface area contributed by atoms with Crippen LogP contribution in [0.1, 0.15) is 54.7 Å². The Morgan fingerprint density at radius 1 is 1.16 bits per heavy atom. The van der Waals surface area contributed by atoms with E-state index in [0.29, 0.717) is 29.9 Å². The number of aromatic nitrogens is 3. The Hall–Kier alpha value is -3.72. The van der Waals surface area contributed by atoms with Gasteiger partial charge in [0.15, 0.2) is 0 Å². The zero-order valence-electron chi connectivity index (χ0n) is 21.8. The van der Waals surface area contributed by atoms with E-state index >= 15 is 0 Å². The first-order valence-corrected chi connectivity index (χ1v) is 13.0. The van der Waals surface area contributed by atoms with Crippen LogP contribution in [0.3, 0.4) is 0 Å². The van der Waals surface area contributed by atoms with Gasteiger partial charge >= 0.3 is 0 Å². The molecule has 4 N–H and O–H groups in total. The molecule has 9 nitrogen and oxygen atoms in total. The van der Waals surface area contributed by atoms with Crippen LogP contribution in [0.2, 0.25) is 0 Å². The van der Waals surface area contributed by atoms with Crippen molar-refractivity contribution >= 4 is 29.0 Å². The largest absolute Gasteiger partial charge is 0.384 e. The number of pyridine rings is 1. The molecule has 5 rings (SSSR count). The van der Waals surface area contributed by atoms with E-state index < -0.39 is 0 Å². The molecule has 3 aromatic rings. The average molecular weight is 501 g/mol. The van der Waals surface area contributed by atoms with Gasteiger partial charge in [-0.05, 0) is 68.8 Å². The van der Waals surface area contributed by atoms with Gasteiger partial charge in [0.1, 0.15) is 5.82 Å². The maximum absolute atomic E-state index is 13.1. The van der Waals surface area contributed by atoms with Gasteiger partial charge in [-0.3, -0.25) is 4.79 Å². The Kier molecular flexibility index (Phi) is 7.23. The molecule has 1 saturated heterocycles. The van der Waals surface area contributed by atoms with E-state index in [1.165, 1.54) is 24.9 Å². The topological polar surface area (TPSA) is 107 Å². The Morgan fingerprint density at radius 3 is 2.89 bits per heavy atom. The lowest BCUT2D eigenvalue weighted by atomic mass is 9.87. The van der Waals surface area contributed by atoms with Crippen molar-refractivity contribution in [2.75, 3.05) is 47.9 Å². The van der Waals surface area contributed by atoms with E-state index in [2.05, 4.69) is 68.1 Å².